The molecule has 1 aromatic heterocycles. The third kappa shape index (κ3) is 2.60. The molecule has 21 heavy (non-hydrogen) atoms. The van der Waals surface area contributed by atoms with E-state index in [2.05, 4.69) is 6.92 Å². The van der Waals surface area contributed by atoms with E-state index in [1.54, 1.807) is 12.1 Å². The Morgan fingerprint density at radius 3 is 2.76 bits per heavy atom. The van der Waals surface area contributed by atoms with Crippen LogP contribution in [0, 0.1) is 5.82 Å². The highest BCUT2D eigenvalue weighted by molar-refractivity contribution is 5.41. The van der Waals surface area contributed by atoms with Crippen LogP contribution >= 0.6 is 0 Å². The van der Waals surface area contributed by atoms with Crippen molar-refractivity contribution in [2.24, 2.45) is 5.73 Å². The molecule has 0 spiro atoms. The van der Waals surface area contributed by atoms with Gasteiger partial charge in [0.15, 0.2) is 0 Å². The number of rotatable bonds is 4. The van der Waals surface area contributed by atoms with E-state index in [1.165, 1.54) is 41.9 Å². The summed E-state index contributed by atoms with van der Waals surface area (Å²) in [7, 11) is 0. The molecule has 0 saturated heterocycles. The monoisotopic (exact) mass is 287 g/mol. The predicted molar refractivity (Wildman–Crippen MR) is 82.3 cm³/mol. The number of fused-ring (bicyclic) bond motifs is 1. The van der Waals surface area contributed by atoms with Crippen molar-refractivity contribution in [3.8, 4) is 5.69 Å². The van der Waals surface area contributed by atoms with Crippen molar-refractivity contribution in [1.82, 2.24) is 9.78 Å². The van der Waals surface area contributed by atoms with E-state index < -0.39 is 0 Å². The van der Waals surface area contributed by atoms with Gasteiger partial charge in [0, 0.05) is 11.3 Å². The van der Waals surface area contributed by atoms with E-state index in [1.807, 2.05) is 4.68 Å². The molecule has 0 fully saturated rings. The van der Waals surface area contributed by atoms with Crippen LogP contribution < -0.4 is 5.73 Å². The van der Waals surface area contributed by atoms with Crippen LogP contribution in [-0.4, -0.2) is 16.3 Å². The molecule has 4 heteroatoms. The average molecular weight is 287 g/mol. The lowest BCUT2D eigenvalue weighted by Crippen LogP contribution is -2.15. The van der Waals surface area contributed by atoms with Crippen molar-refractivity contribution in [3.63, 3.8) is 0 Å². The molecule has 3 rings (SSSR count). The summed E-state index contributed by atoms with van der Waals surface area (Å²) in [5.41, 5.74) is 10.6. The number of nitrogens with zero attached hydrogens (tertiary/aromatic N) is 2. The van der Waals surface area contributed by atoms with Crippen molar-refractivity contribution in [1.29, 1.82) is 0 Å². The van der Waals surface area contributed by atoms with Crippen LogP contribution in [0.1, 0.15) is 49.1 Å². The lowest BCUT2D eigenvalue weighted by molar-refractivity contribution is 0.516. The third-order valence-corrected chi connectivity index (χ3v) is 4.39. The highest BCUT2D eigenvalue weighted by atomic mass is 19.1. The zero-order chi connectivity index (χ0) is 14.8. The molecule has 0 aliphatic heterocycles. The van der Waals surface area contributed by atoms with E-state index in [4.69, 9.17) is 10.8 Å². The molecule has 0 saturated carbocycles. The molecule has 1 atom stereocenters. The van der Waals surface area contributed by atoms with Crippen LogP contribution in [0.3, 0.4) is 0 Å². The fourth-order valence-electron chi connectivity index (χ4n) is 3.43. The van der Waals surface area contributed by atoms with Gasteiger partial charge >= 0.3 is 0 Å². The minimum absolute atomic E-state index is 0.212. The van der Waals surface area contributed by atoms with E-state index in [9.17, 15) is 4.39 Å². The van der Waals surface area contributed by atoms with Gasteiger partial charge in [-0.25, -0.2) is 9.07 Å². The minimum Gasteiger partial charge on any atom is -0.330 e. The maximum Gasteiger partial charge on any atom is 0.123 e. The lowest BCUT2D eigenvalue weighted by Gasteiger charge is -2.23. The molecule has 112 valence electrons. The van der Waals surface area contributed by atoms with Gasteiger partial charge in [0.2, 0.25) is 0 Å². The predicted octanol–water partition coefficient (Wildman–Crippen LogP) is 3.34. The first kappa shape index (κ1) is 14.3. The Kier molecular flexibility index (Phi) is 4.06. The van der Waals surface area contributed by atoms with Gasteiger partial charge in [0.25, 0.3) is 0 Å². The Morgan fingerprint density at radius 1 is 1.33 bits per heavy atom. The van der Waals surface area contributed by atoms with Crippen molar-refractivity contribution in [2.45, 2.75) is 44.9 Å². The van der Waals surface area contributed by atoms with Gasteiger partial charge in [0.1, 0.15) is 5.82 Å². The summed E-state index contributed by atoms with van der Waals surface area (Å²) in [6, 6.07) is 6.59. The first-order chi connectivity index (χ1) is 10.2. The Bertz CT molecular complexity index is 616. The normalized spacial score (nSPS) is 17.8. The number of nitrogens with two attached hydrogens (primary N) is 1. The molecule has 2 N–H and O–H groups in total. The summed E-state index contributed by atoms with van der Waals surface area (Å²) in [5, 5.41) is 4.80. The van der Waals surface area contributed by atoms with E-state index in [0.717, 1.165) is 31.5 Å². The Hall–Kier alpha value is -1.68. The van der Waals surface area contributed by atoms with Crippen LogP contribution in [-0.2, 0) is 12.8 Å². The van der Waals surface area contributed by atoms with Crippen molar-refractivity contribution in [3.05, 3.63) is 47.0 Å². The van der Waals surface area contributed by atoms with Gasteiger partial charge in [-0.1, -0.05) is 6.92 Å². The second-order valence-electron chi connectivity index (χ2n) is 5.72. The number of benzene rings is 1. The van der Waals surface area contributed by atoms with Crippen LogP contribution in [0.4, 0.5) is 4.39 Å². The average Bonchev–Trinajstić information content (AvgIpc) is 2.88. The molecule has 0 bridgehead atoms. The SMILES string of the molecule is CCc1nn(-c2ccc(F)cc2)c2c1C(CCN)CCC2. The Labute approximate surface area is 125 Å². The summed E-state index contributed by atoms with van der Waals surface area (Å²) in [5.74, 6) is 0.319. The second kappa shape index (κ2) is 5.98. The number of halogens is 1. The number of hydrogen-bond acceptors (Lipinski definition) is 2. The quantitative estimate of drug-likeness (QED) is 0.937. The molecule has 1 aliphatic rings. The first-order valence-electron chi connectivity index (χ1n) is 7.81. The standard InChI is InChI=1S/C17H22FN3/c1-2-15-17-12(10-11-19)4-3-5-16(17)21(20-15)14-8-6-13(18)7-9-14/h6-9,12H,2-5,10-11,19H2,1H3. The van der Waals surface area contributed by atoms with Crippen LogP contribution in [0.25, 0.3) is 5.69 Å². The molecular weight excluding hydrogens is 265 g/mol. The number of hydrogen-bond donors (Lipinski definition) is 1. The molecule has 3 nitrogen and oxygen atoms in total. The topological polar surface area (TPSA) is 43.8 Å². The minimum atomic E-state index is -0.212. The lowest BCUT2D eigenvalue weighted by atomic mass is 9.82. The zero-order valence-electron chi connectivity index (χ0n) is 12.5. The molecule has 1 heterocycles. The Balaban J connectivity index is 2.09. The summed E-state index contributed by atoms with van der Waals surface area (Å²) in [4.78, 5) is 0. The summed E-state index contributed by atoms with van der Waals surface area (Å²) in [6.07, 6.45) is 5.37. The molecule has 2 aromatic rings. The van der Waals surface area contributed by atoms with Gasteiger partial charge in [-0.05, 0) is 68.8 Å². The first-order valence-corrected chi connectivity index (χ1v) is 7.81. The molecule has 1 aliphatic carbocycles. The molecule has 1 aromatic carbocycles. The third-order valence-electron chi connectivity index (χ3n) is 4.39. The van der Waals surface area contributed by atoms with Crippen LogP contribution in [0.5, 0.6) is 0 Å². The van der Waals surface area contributed by atoms with Gasteiger partial charge in [-0.15, -0.1) is 0 Å². The summed E-state index contributed by atoms with van der Waals surface area (Å²) >= 11 is 0. The van der Waals surface area contributed by atoms with Crippen molar-refractivity contribution < 1.29 is 4.39 Å². The molecule has 1 unspecified atom stereocenters. The van der Waals surface area contributed by atoms with Crippen LogP contribution in [0.2, 0.25) is 0 Å². The fourth-order valence-corrected chi connectivity index (χ4v) is 3.43. The van der Waals surface area contributed by atoms with Gasteiger partial charge in [-0.2, -0.15) is 5.10 Å². The van der Waals surface area contributed by atoms with Gasteiger partial charge < -0.3 is 5.73 Å². The van der Waals surface area contributed by atoms with Gasteiger partial charge in [-0.3, -0.25) is 0 Å². The Morgan fingerprint density at radius 2 is 2.10 bits per heavy atom. The molecule has 0 amide bonds. The fraction of sp³-hybridized carbons (Fsp3) is 0.471. The highest BCUT2D eigenvalue weighted by Crippen LogP contribution is 2.37. The summed E-state index contributed by atoms with van der Waals surface area (Å²) < 4.78 is 15.1. The second-order valence-corrected chi connectivity index (χ2v) is 5.72. The smallest absolute Gasteiger partial charge is 0.123 e. The van der Waals surface area contributed by atoms with Crippen LogP contribution in [0.15, 0.2) is 24.3 Å². The highest BCUT2D eigenvalue weighted by Gasteiger charge is 2.27. The van der Waals surface area contributed by atoms with E-state index in [-0.39, 0.29) is 5.82 Å². The summed E-state index contributed by atoms with van der Waals surface area (Å²) in [6.45, 7) is 2.86. The van der Waals surface area contributed by atoms with Gasteiger partial charge in [0.05, 0.1) is 11.4 Å². The van der Waals surface area contributed by atoms with Crippen molar-refractivity contribution in [2.75, 3.05) is 6.54 Å². The van der Waals surface area contributed by atoms with E-state index >= 15 is 0 Å². The zero-order valence-corrected chi connectivity index (χ0v) is 12.5. The maximum atomic E-state index is 13.1. The van der Waals surface area contributed by atoms with Crippen molar-refractivity contribution >= 4 is 0 Å². The van der Waals surface area contributed by atoms with E-state index in [0.29, 0.717) is 5.92 Å². The molecular formula is C17H22FN3. The number of aryl methyl sites for hydroxylation is 1. The maximum absolute atomic E-state index is 13.1. The number of aromatic nitrogens is 2. The molecule has 0 radical (unpaired) electrons. The largest absolute Gasteiger partial charge is 0.330 e.